The first-order chi connectivity index (χ1) is 16.5. The van der Waals surface area contributed by atoms with Crippen LogP contribution in [0.15, 0.2) is 35.7 Å². The Morgan fingerprint density at radius 1 is 0.971 bits per heavy atom. The molecule has 0 saturated heterocycles. The van der Waals surface area contributed by atoms with E-state index in [1.54, 1.807) is 12.1 Å². The minimum Gasteiger partial charge on any atom is -0.496 e. The molecule has 0 aliphatic rings. The van der Waals surface area contributed by atoms with Gasteiger partial charge in [0.05, 0.1) is 39.4 Å². The summed E-state index contributed by atoms with van der Waals surface area (Å²) in [6, 6.07) is 7.49. The highest BCUT2D eigenvalue weighted by Crippen LogP contribution is 2.35. The number of esters is 1. The maximum atomic E-state index is 12.7. The number of ether oxygens (including phenoxy) is 5. The molecule has 12 heteroatoms. The lowest BCUT2D eigenvalue weighted by Gasteiger charge is -2.16. The van der Waals surface area contributed by atoms with E-state index in [-0.39, 0.29) is 12.1 Å². The molecule has 2 aromatic carbocycles. The molecule has 2 rings (SSSR count). The summed E-state index contributed by atoms with van der Waals surface area (Å²) in [6.45, 7) is 1.09. The molecule has 0 fully saturated rings. The van der Waals surface area contributed by atoms with Gasteiger partial charge in [0.2, 0.25) is 6.10 Å². The van der Waals surface area contributed by atoms with Crippen LogP contribution in [0.5, 0.6) is 23.0 Å². The molecule has 0 aliphatic heterocycles. The molecule has 0 bridgehead atoms. The molecule has 1 atom stereocenters. The fourth-order valence-corrected chi connectivity index (χ4v) is 3.97. The second-order valence-electron chi connectivity index (χ2n) is 7.06. The number of carboxylic acid groups (broad SMARTS) is 1. The predicted molar refractivity (Wildman–Crippen MR) is 128 cm³/mol. The molecule has 0 spiro atoms. The number of nitrogens with one attached hydrogen (secondary N) is 1. The maximum absolute atomic E-state index is 12.7. The normalized spacial score (nSPS) is 12.0. The highest BCUT2D eigenvalue weighted by atomic mass is 32.2. The van der Waals surface area contributed by atoms with Gasteiger partial charge < -0.3 is 28.8 Å². The highest BCUT2D eigenvalue weighted by molar-refractivity contribution is 7.95. The van der Waals surface area contributed by atoms with Gasteiger partial charge in [-0.05, 0) is 24.3 Å². The largest absolute Gasteiger partial charge is 0.496 e. The number of carbonyl (C=O) groups is 2. The average Bonchev–Trinajstić information content (AvgIpc) is 2.81. The van der Waals surface area contributed by atoms with Gasteiger partial charge in [0.15, 0.2) is 0 Å². The smallest absolute Gasteiger partial charge is 0.345 e. The fraction of sp³-hybridized carbons (Fsp3) is 0.304. The number of sulfonamides is 1. The molecule has 35 heavy (non-hydrogen) atoms. The third kappa shape index (κ3) is 7.54. The molecule has 0 amide bonds. The third-order valence-corrected chi connectivity index (χ3v) is 5.71. The van der Waals surface area contributed by atoms with Gasteiger partial charge in [0.25, 0.3) is 10.0 Å². The lowest BCUT2D eigenvalue weighted by atomic mass is 10.1. The minimum atomic E-state index is -4.01. The van der Waals surface area contributed by atoms with E-state index in [2.05, 4.69) is 4.72 Å². The van der Waals surface area contributed by atoms with E-state index in [9.17, 15) is 23.1 Å². The Morgan fingerprint density at radius 2 is 1.57 bits per heavy atom. The summed E-state index contributed by atoms with van der Waals surface area (Å²) in [7, 11) is 1.70. The molecule has 0 aliphatic carbocycles. The number of carboxylic acids is 1. The molecule has 1 unspecified atom stereocenters. The number of hydrogen-bond donors (Lipinski definition) is 2. The van der Waals surface area contributed by atoms with Crippen LogP contribution in [0.2, 0.25) is 0 Å². The van der Waals surface area contributed by atoms with E-state index < -0.39 is 28.1 Å². The van der Waals surface area contributed by atoms with Crippen molar-refractivity contribution >= 4 is 33.7 Å². The molecule has 11 nitrogen and oxygen atoms in total. The zero-order valence-corrected chi connectivity index (χ0v) is 20.7. The molecule has 0 aromatic heterocycles. The topological polar surface area (TPSA) is 147 Å². The van der Waals surface area contributed by atoms with E-state index in [4.69, 9.17) is 23.7 Å². The maximum Gasteiger partial charge on any atom is 0.345 e. The average molecular weight is 510 g/mol. The molecule has 2 N–H and O–H groups in total. The van der Waals surface area contributed by atoms with Crippen LogP contribution in [0.4, 0.5) is 5.69 Å². The minimum absolute atomic E-state index is 0.145. The van der Waals surface area contributed by atoms with E-state index in [1.807, 2.05) is 0 Å². The van der Waals surface area contributed by atoms with Crippen LogP contribution < -0.4 is 23.7 Å². The molecule has 0 radical (unpaired) electrons. The van der Waals surface area contributed by atoms with Crippen molar-refractivity contribution in [2.24, 2.45) is 0 Å². The molecule has 190 valence electrons. The molecule has 0 saturated carbocycles. The lowest BCUT2D eigenvalue weighted by molar-refractivity contribution is -0.162. The number of aliphatic carboxylic acids is 1. The second-order valence-corrected chi connectivity index (χ2v) is 8.63. The lowest BCUT2D eigenvalue weighted by Crippen LogP contribution is -2.28. The van der Waals surface area contributed by atoms with Crippen molar-refractivity contribution in [2.75, 3.05) is 33.2 Å². The third-order valence-electron chi connectivity index (χ3n) is 4.70. The number of hydrogen-bond acceptors (Lipinski definition) is 9. The summed E-state index contributed by atoms with van der Waals surface area (Å²) in [4.78, 5) is 22.7. The zero-order chi connectivity index (χ0) is 26.2. The standard InChI is InChI=1S/C23H27NO10S/c1-14(25)34-22(23(26)27)11-15-10-16(6-7-19(15)31-3)24-35(28,29)9-8-18-20(32-4)12-17(30-2)13-21(18)33-5/h6-10,12-13,22,24H,11H2,1-5H3,(H,26,27)/b9-8+. The Balaban J connectivity index is 2.34. The summed E-state index contributed by atoms with van der Waals surface area (Å²) >= 11 is 0. The van der Waals surface area contributed by atoms with E-state index >= 15 is 0 Å². The number of rotatable bonds is 12. The Hall–Kier alpha value is -3.93. The van der Waals surface area contributed by atoms with Crippen LogP contribution in [-0.2, 0) is 30.8 Å². The van der Waals surface area contributed by atoms with Gasteiger partial charge in [0.1, 0.15) is 23.0 Å². The summed E-state index contributed by atoms with van der Waals surface area (Å²) in [6.07, 6.45) is -0.391. The molecule has 0 heterocycles. The van der Waals surface area contributed by atoms with Crippen molar-refractivity contribution < 1.29 is 46.8 Å². The van der Waals surface area contributed by atoms with Crippen LogP contribution in [-0.4, -0.2) is 60.0 Å². The quantitative estimate of drug-likeness (QED) is 0.409. The van der Waals surface area contributed by atoms with Gasteiger partial charge >= 0.3 is 11.9 Å². The summed E-state index contributed by atoms with van der Waals surface area (Å²) in [5.41, 5.74) is 0.845. The number of anilines is 1. The van der Waals surface area contributed by atoms with E-state index in [1.165, 1.54) is 52.7 Å². The van der Waals surface area contributed by atoms with Crippen molar-refractivity contribution in [2.45, 2.75) is 19.4 Å². The van der Waals surface area contributed by atoms with Gasteiger partial charge in [0, 0.05) is 36.7 Å². The summed E-state index contributed by atoms with van der Waals surface area (Å²) in [5, 5.41) is 10.3. The van der Waals surface area contributed by atoms with Crippen LogP contribution in [0.3, 0.4) is 0 Å². The predicted octanol–water partition coefficient (Wildman–Crippen LogP) is 2.69. The van der Waals surface area contributed by atoms with Crippen molar-refractivity contribution in [3.05, 3.63) is 46.9 Å². The number of carbonyl (C=O) groups excluding carboxylic acids is 1. The first kappa shape index (κ1) is 27.3. The first-order valence-corrected chi connectivity index (χ1v) is 11.7. The molecular formula is C23H27NO10S. The van der Waals surface area contributed by atoms with Crippen LogP contribution in [0.25, 0.3) is 6.08 Å². The molecular weight excluding hydrogens is 482 g/mol. The van der Waals surface area contributed by atoms with Crippen molar-refractivity contribution in [1.29, 1.82) is 0 Å². The van der Waals surface area contributed by atoms with Crippen LogP contribution in [0.1, 0.15) is 18.1 Å². The van der Waals surface area contributed by atoms with Crippen molar-refractivity contribution in [3.8, 4) is 23.0 Å². The molecule has 2 aromatic rings. The Morgan fingerprint density at radius 3 is 2.06 bits per heavy atom. The Bertz CT molecular complexity index is 1180. The van der Waals surface area contributed by atoms with E-state index in [0.717, 1.165) is 12.3 Å². The van der Waals surface area contributed by atoms with Crippen LogP contribution in [0, 0.1) is 0 Å². The van der Waals surface area contributed by atoms with Gasteiger partial charge in [-0.2, -0.15) is 0 Å². The Kier molecular flexibility index (Phi) is 9.34. The fourth-order valence-electron chi connectivity index (χ4n) is 3.13. The van der Waals surface area contributed by atoms with Gasteiger partial charge in [-0.3, -0.25) is 9.52 Å². The van der Waals surface area contributed by atoms with E-state index in [0.29, 0.717) is 34.1 Å². The number of methoxy groups -OCH3 is 4. The number of benzene rings is 2. The summed E-state index contributed by atoms with van der Waals surface area (Å²) in [5.74, 6) is -0.666. The van der Waals surface area contributed by atoms with Crippen molar-refractivity contribution in [3.63, 3.8) is 0 Å². The van der Waals surface area contributed by atoms with Gasteiger partial charge in [-0.25, -0.2) is 13.2 Å². The van der Waals surface area contributed by atoms with Gasteiger partial charge in [-0.1, -0.05) is 0 Å². The van der Waals surface area contributed by atoms with Crippen LogP contribution >= 0.6 is 0 Å². The van der Waals surface area contributed by atoms with Crippen molar-refractivity contribution in [1.82, 2.24) is 0 Å². The SMILES string of the molecule is COc1cc(OC)c(/C=C/S(=O)(=O)Nc2ccc(OC)c(CC(OC(C)=O)C(=O)O)c2)c(OC)c1. The second kappa shape index (κ2) is 12.0. The zero-order valence-electron chi connectivity index (χ0n) is 19.9. The summed E-state index contributed by atoms with van der Waals surface area (Å²) < 4.78 is 53.7. The first-order valence-electron chi connectivity index (χ1n) is 10.1. The highest BCUT2D eigenvalue weighted by Gasteiger charge is 2.23. The monoisotopic (exact) mass is 509 g/mol. The van der Waals surface area contributed by atoms with Gasteiger partial charge in [-0.15, -0.1) is 0 Å². The Labute approximate surface area is 203 Å².